The molecule has 0 radical (unpaired) electrons. The number of para-hydroxylation sites is 1. The van der Waals surface area contributed by atoms with Gasteiger partial charge in [0.05, 0.1) is 15.9 Å². The molecule has 0 aliphatic heterocycles. The van der Waals surface area contributed by atoms with E-state index >= 15 is 0 Å². The minimum atomic E-state index is -0.599. The van der Waals surface area contributed by atoms with Crippen LogP contribution in [0.4, 0.5) is 8.78 Å². The fraction of sp³-hybridized carbons (Fsp3) is 0.167. The fourth-order valence-electron chi connectivity index (χ4n) is 2.52. The minimum Gasteiger partial charge on any atom is -0.384 e. The zero-order valence-electron chi connectivity index (χ0n) is 14.4. The van der Waals surface area contributed by atoms with Crippen LogP contribution in [0.3, 0.4) is 0 Å². The molecule has 0 atom stereocenters. The van der Waals surface area contributed by atoms with Crippen LogP contribution in [-0.2, 0) is 15.4 Å². The molecular weight excluding hydrogens is 440 g/mol. The number of carbonyl (C=O) groups is 1. The van der Waals surface area contributed by atoms with Gasteiger partial charge in [-0.05, 0) is 46.6 Å². The molecule has 1 aromatic carbocycles. The third-order valence-electron chi connectivity index (χ3n) is 3.65. The minimum absolute atomic E-state index is 0.203. The van der Waals surface area contributed by atoms with Crippen molar-refractivity contribution in [2.75, 3.05) is 0 Å². The highest BCUT2D eigenvalue weighted by Gasteiger charge is 2.24. The quantitative estimate of drug-likeness (QED) is 0.396. The van der Waals surface area contributed by atoms with Crippen LogP contribution < -0.4 is 0 Å². The second-order valence-corrected chi connectivity index (χ2v) is 6.98. The molecule has 2 heterocycles. The molecule has 2 aromatic heterocycles. The van der Waals surface area contributed by atoms with Crippen molar-refractivity contribution in [1.82, 2.24) is 14.8 Å². The number of carbonyl (C=O) groups excluding carboxylic acids is 1. The van der Waals surface area contributed by atoms with E-state index in [2.05, 4.69) is 26.0 Å². The summed E-state index contributed by atoms with van der Waals surface area (Å²) < 4.78 is 34.8. The van der Waals surface area contributed by atoms with Crippen molar-refractivity contribution in [2.45, 2.75) is 25.3 Å². The van der Waals surface area contributed by atoms with Crippen LogP contribution in [0.1, 0.15) is 19.5 Å². The average Bonchev–Trinajstić information content (AvgIpc) is 2.96. The van der Waals surface area contributed by atoms with Crippen LogP contribution in [-0.4, -0.2) is 20.7 Å². The summed E-state index contributed by atoms with van der Waals surface area (Å²) in [7, 11) is 0. The molecule has 0 saturated carbocycles. The summed E-state index contributed by atoms with van der Waals surface area (Å²) in [4.78, 5) is 15.1. The molecule has 0 saturated heterocycles. The summed E-state index contributed by atoms with van der Waals surface area (Å²) in [6.45, 7) is 3.12. The van der Waals surface area contributed by atoms with Gasteiger partial charge in [0, 0.05) is 12.5 Å². The Morgan fingerprint density at radius 1 is 1.26 bits per heavy atom. The van der Waals surface area contributed by atoms with Gasteiger partial charge in [-0.2, -0.15) is 9.49 Å². The van der Waals surface area contributed by atoms with Crippen LogP contribution in [0.25, 0.3) is 16.9 Å². The zero-order valence-corrected chi connectivity index (χ0v) is 16.8. The molecule has 0 fully saturated rings. The third kappa shape index (κ3) is 4.03. The van der Waals surface area contributed by atoms with Crippen molar-refractivity contribution >= 4 is 33.9 Å². The Bertz CT molecular complexity index is 1010. The lowest BCUT2D eigenvalue weighted by Gasteiger charge is -2.11. The van der Waals surface area contributed by atoms with Gasteiger partial charge >= 0.3 is 5.97 Å². The van der Waals surface area contributed by atoms with Crippen molar-refractivity contribution < 1.29 is 17.8 Å². The van der Waals surface area contributed by atoms with E-state index in [1.165, 1.54) is 23.7 Å². The van der Waals surface area contributed by atoms with Crippen LogP contribution >= 0.6 is 28.0 Å². The molecule has 9 heteroatoms. The summed E-state index contributed by atoms with van der Waals surface area (Å²) in [5, 5.41) is 4.71. The lowest BCUT2D eigenvalue weighted by molar-refractivity contribution is -0.130. The van der Waals surface area contributed by atoms with Gasteiger partial charge in [0.15, 0.2) is 5.03 Å². The van der Waals surface area contributed by atoms with Gasteiger partial charge < -0.3 is 4.18 Å². The molecule has 0 amide bonds. The fourth-order valence-corrected chi connectivity index (χ4v) is 3.66. The molecule has 140 valence electrons. The molecular formula is C18H14BrF2N3O2S. The molecule has 0 aliphatic carbocycles. The molecule has 0 N–H and O–H groups in total. The average molecular weight is 454 g/mol. The van der Waals surface area contributed by atoms with Crippen molar-refractivity contribution in [3.63, 3.8) is 0 Å². The smallest absolute Gasteiger partial charge is 0.315 e. The van der Waals surface area contributed by atoms with Gasteiger partial charge in [-0.1, -0.05) is 19.1 Å². The molecule has 3 rings (SSSR count). The standard InChI is InChI=1S/C18H14BrF2N3O2S/c1-3-13-11(8-9-15(21)22-13)17-16(19)18(27-26-10(2)25)23-24(17)14-7-5-4-6-12(14)20/h4-9H,3H2,1-2H3. The largest absolute Gasteiger partial charge is 0.384 e. The number of rotatable bonds is 5. The maximum Gasteiger partial charge on any atom is 0.315 e. The third-order valence-corrected chi connectivity index (χ3v) is 5.42. The first-order valence-corrected chi connectivity index (χ1v) is 9.50. The van der Waals surface area contributed by atoms with Gasteiger partial charge in [-0.3, -0.25) is 4.79 Å². The van der Waals surface area contributed by atoms with Gasteiger partial charge in [-0.15, -0.1) is 0 Å². The number of aromatic nitrogens is 3. The molecule has 3 aromatic rings. The Morgan fingerprint density at radius 2 is 2.00 bits per heavy atom. The van der Waals surface area contributed by atoms with Gasteiger partial charge in [0.1, 0.15) is 23.5 Å². The number of nitrogens with zero attached hydrogens (tertiary/aromatic N) is 3. The van der Waals surface area contributed by atoms with Gasteiger partial charge in [0.2, 0.25) is 5.95 Å². The molecule has 0 spiro atoms. The van der Waals surface area contributed by atoms with Crippen LogP contribution in [0.2, 0.25) is 0 Å². The van der Waals surface area contributed by atoms with E-state index in [4.69, 9.17) is 4.18 Å². The predicted molar refractivity (Wildman–Crippen MR) is 101 cm³/mol. The molecule has 27 heavy (non-hydrogen) atoms. The van der Waals surface area contributed by atoms with Gasteiger partial charge in [-0.25, -0.2) is 14.1 Å². The summed E-state index contributed by atoms with van der Waals surface area (Å²) >= 11 is 4.21. The number of benzene rings is 1. The lowest BCUT2D eigenvalue weighted by atomic mass is 10.1. The first-order chi connectivity index (χ1) is 12.9. The Labute approximate surface area is 167 Å². The molecule has 0 unspecified atom stereocenters. The normalized spacial score (nSPS) is 10.9. The van der Waals surface area contributed by atoms with Crippen LogP contribution in [0.15, 0.2) is 45.9 Å². The number of pyridine rings is 1. The highest BCUT2D eigenvalue weighted by atomic mass is 79.9. The van der Waals surface area contributed by atoms with E-state index in [0.29, 0.717) is 32.9 Å². The number of halogens is 3. The molecule has 0 aliphatic rings. The monoisotopic (exact) mass is 453 g/mol. The molecule has 0 bridgehead atoms. The van der Waals surface area contributed by atoms with E-state index < -0.39 is 17.7 Å². The Kier molecular flexibility index (Phi) is 5.91. The van der Waals surface area contributed by atoms with Crippen molar-refractivity contribution in [2.24, 2.45) is 0 Å². The van der Waals surface area contributed by atoms with Crippen LogP contribution in [0, 0.1) is 11.8 Å². The van der Waals surface area contributed by atoms with Crippen LogP contribution in [0.5, 0.6) is 0 Å². The summed E-state index contributed by atoms with van der Waals surface area (Å²) in [5.41, 5.74) is 1.78. The highest BCUT2D eigenvalue weighted by Crippen LogP contribution is 2.39. The van der Waals surface area contributed by atoms with Crippen molar-refractivity contribution in [3.05, 3.63) is 58.3 Å². The van der Waals surface area contributed by atoms with E-state index in [-0.39, 0.29) is 5.69 Å². The summed E-state index contributed by atoms with van der Waals surface area (Å²) in [6, 6.07) is 8.94. The van der Waals surface area contributed by atoms with E-state index in [1.807, 2.05) is 6.92 Å². The number of hydrogen-bond acceptors (Lipinski definition) is 5. The highest BCUT2D eigenvalue weighted by molar-refractivity contribution is 9.10. The topological polar surface area (TPSA) is 57.0 Å². The van der Waals surface area contributed by atoms with E-state index in [1.54, 1.807) is 24.3 Å². The van der Waals surface area contributed by atoms with Crippen molar-refractivity contribution in [3.8, 4) is 16.9 Å². The SMILES string of the molecule is CCc1nc(F)ccc1-c1c(Br)c(SOC(C)=O)nn1-c1ccccc1F. The number of hydrogen-bond donors (Lipinski definition) is 0. The zero-order chi connectivity index (χ0) is 19.6. The second-order valence-electron chi connectivity index (χ2n) is 5.47. The van der Waals surface area contributed by atoms with Gasteiger partial charge in [0.25, 0.3) is 0 Å². The Hall–Kier alpha value is -2.26. The van der Waals surface area contributed by atoms with E-state index in [9.17, 15) is 13.6 Å². The maximum absolute atomic E-state index is 14.4. The number of aryl methyl sites for hydroxylation is 1. The predicted octanol–water partition coefficient (Wildman–Crippen LogP) is 5.11. The van der Waals surface area contributed by atoms with Crippen molar-refractivity contribution in [1.29, 1.82) is 0 Å². The lowest BCUT2D eigenvalue weighted by Crippen LogP contribution is -2.04. The summed E-state index contributed by atoms with van der Waals surface area (Å²) in [5.74, 6) is -1.57. The second kappa shape index (κ2) is 8.18. The van der Waals surface area contributed by atoms with E-state index in [0.717, 1.165) is 12.0 Å². The first-order valence-electron chi connectivity index (χ1n) is 7.96. The first kappa shape index (κ1) is 19.5. The maximum atomic E-state index is 14.4. The summed E-state index contributed by atoms with van der Waals surface area (Å²) in [6.07, 6.45) is 0.467. The Balaban J connectivity index is 2.25. The Morgan fingerprint density at radius 3 is 2.67 bits per heavy atom. The molecule has 5 nitrogen and oxygen atoms in total.